The Morgan fingerprint density at radius 1 is 1.32 bits per heavy atom. The average molecular weight is 275 g/mol. The third-order valence-electron chi connectivity index (χ3n) is 2.64. The van der Waals surface area contributed by atoms with E-state index in [-0.39, 0.29) is 12.5 Å². The fourth-order valence-corrected chi connectivity index (χ4v) is 1.40. The van der Waals surface area contributed by atoms with E-state index in [1.54, 1.807) is 13.8 Å². The van der Waals surface area contributed by atoms with Crippen molar-refractivity contribution in [2.24, 2.45) is 5.41 Å². The summed E-state index contributed by atoms with van der Waals surface area (Å²) >= 11 is 0. The van der Waals surface area contributed by atoms with Gasteiger partial charge < -0.3 is 10.6 Å². The van der Waals surface area contributed by atoms with Crippen LogP contribution in [0.2, 0.25) is 0 Å². The molecule has 0 unspecified atom stereocenters. The second kappa shape index (κ2) is 5.46. The highest BCUT2D eigenvalue weighted by atomic mass is 19.4. The lowest BCUT2D eigenvalue weighted by Crippen LogP contribution is -2.39. The minimum Gasteiger partial charge on any atom is -0.369 e. The molecule has 1 amide bonds. The van der Waals surface area contributed by atoms with E-state index in [9.17, 15) is 18.0 Å². The molecule has 0 aromatic carbocycles. The van der Waals surface area contributed by atoms with Crippen molar-refractivity contribution < 1.29 is 18.0 Å². The normalized spacial score (nSPS) is 12.1. The van der Waals surface area contributed by atoms with Gasteiger partial charge in [0.25, 0.3) is 0 Å². The minimum absolute atomic E-state index is 0.160. The van der Waals surface area contributed by atoms with Crippen molar-refractivity contribution in [3.05, 3.63) is 23.9 Å². The number of nitrogens with zero attached hydrogens (tertiary/aromatic N) is 1. The molecular formula is C12H16F3N3O. The van der Waals surface area contributed by atoms with Gasteiger partial charge in [0.15, 0.2) is 0 Å². The fourth-order valence-electron chi connectivity index (χ4n) is 1.40. The second-order valence-electron chi connectivity index (χ2n) is 4.75. The van der Waals surface area contributed by atoms with Gasteiger partial charge in [-0.25, -0.2) is 4.98 Å². The molecule has 0 aliphatic heterocycles. The van der Waals surface area contributed by atoms with E-state index >= 15 is 0 Å². The fraction of sp³-hybridized carbons (Fsp3) is 0.500. The van der Waals surface area contributed by atoms with Crippen LogP contribution >= 0.6 is 0 Å². The van der Waals surface area contributed by atoms with Crippen LogP contribution in [0.15, 0.2) is 18.3 Å². The third kappa shape index (κ3) is 4.11. The summed E-state index contributed by atoms with van der Waals surface area (Å²) in [6.07, 6.45) is -3.64. The third-order valence-corrected chi connectivity index (χ3v) is 2.64. The largest absolute Gasteiger partial charge is 0.417 e. The Hall–Kier alpha value is -1.79. The van der Waals surface area contributed by atoms with E-state index in [4.69, 9.17) is 0 Å². The van der Waals surface area contributed by atoms with Gasteiger partial charge in [-0.2, -0.15) is 13.2 Å². The molecule has 0 fully saturated rings. The Labute approximate surface area is 109 Å². The Kier molecular flexibility index (Phi) is 4.39. The average Bonchev–Trinajstić information content (AvgIpc) is 2.35. The molecule has 4 nitrogen and oxygen atoms in total. The maximum atomic E-state index is 12.3. The number of halogens is 3. The Balaban J connectivity index is 2.67. The number of hydrogen-bond donors (Lipinski definition) is 2. The summed E-state index contributed by atoms with van der Waals surface area (Å²) in [4.78, 5) is 15.2. The first-order valence-corrected chi connectivity index (χ1v) is 5.66. The molecule has 0 aliphatic rings. The van der Waals surface area contributed by atoms with E-state index in [1.165, 1.54) is 13.1 Å². The molecule has 1 heterocycles. The Morgan fingerprint density at radius 3 is 2.37 bits per heavy atom. The zero-order valence-electron chi connectivity index (χ0n) is 10.9. The standard InChI is InChI=1S/C12H16F3N3O/c1-11(2,10(19)16-3)7-18-9-5-4-8(6-17-9)12(13,14)15/h4-6H,7H2,1-3H3,(H,16,19)(H,17,18). The van der Waals surface area contributed by atoms with Gasteiger partial charge in [-0.15, -0.1) is 0 Å². The van der Waals surface area contributed by atoms with Crippen LogP contribution in [0.1, 0.15) is 19.4 Å². The molecule has 106 valence electrons. The van der Waals surface area contributed by atoms with Crippen LogP contribution in [0, 0.1) is 5.41 Å². The molecule has 1 aromatic rings. The van der Waals surface area contributed by atoms with Crippen molar-refractivity contribution in [2.45, 2.75) is 20.0 Å². The van der Waals surface area contributed by atoms with Crippen molar-refractivity contribution in [2.75, 3.05) is 18.9 Å². The molecule has 0 radical (unpaired) electrons. The van der Waals surface area contributed by atoms with Crippen LogP contribution in [-0.2, 0) is 11.0 Å². The number of carbonyl (C=O) groups excluding carboxylic acids is 1. The first kappa shape index (κ1) is 15.3. The van der Waals surface area contributed by atoms with Gasteiger partial charge in [-0.1, -0.05) is 0 Å². The predicted octanol–water partition coefficient (Wildman–Crippen LogP) is 2.28. The van der Waals surface area contributed by atoms with Gasteiger partial charge in [0.1, 0.15) is 5.82 Å². The zero-order chi connectivity index (χ0) is 14.7. The minimum atomic E-state index is -4.40. The van der Waals surface area contributed by atoms with Crippen molar-refractivity contribution >= 4 is 11.7 Å². The summed E-state index contributed by atoms with van der Waals surface area (Å²) in [5.74, 6) is 0.136. The van der Waals surface area contributed by atoms with E-state index < -0.39 is 17.2 Å². The Morgan fingerprint density at radius 2 is 1.95 bits per heavy atom. The number of aromatic nitrogens is 1. The smallest absolute Gasteiger partial charge is 0.369 e. The van der Waals surface area contributed by atoms with Gasteiger partial charge in [0.2, 0.25) is 5.91 Å². The lowest BCUT2D eigenvalue weighted by atomic mass is 9.92. The number of rotatable bonds is 4. The highest BCUT2D eigenvalue weighted by molar-refractivity contribution is 5.82. The lowest BCUT2D eigenvalue weighted by molar-refractivity contribution is -0.137. The quantitative estimate of drug-likeness (QED) is 0.886. The number of nitrogens with one attached hydrogen (secondary N) is 2. The molecule has 0 saturated heterocycles. The van der Waals surface area contributed by atoms with Gasteiger partial charge in [0, 0.05) is 19.8 Å². The Bertz CT molecular complexity index is 441. The molecule has 1 aromatic heterocycles. The van der Waals surface area contributed by atoms with E-state index in [0.717, 1.165) is 12.3 Å². The van der Waals surface area contributed by atoms with E-state index in [1.807, 2.05) is 0 Å². The van der Waals surface area contributed by atoms with Gasteiger partial charge in [-0.05, 0) is 26.0 Å². The maximum absolute atomic E-state index is 12.3. The first-order chi connectivity index (χ1) is 8.66. The maximum Gasteiger partial charge on any atom is 0.417 e. The lowest BCUT2D eigenvalue weighted by Gasteiger charge is -2.23. The summed E-state index contributed by atoms with van der Waals surface area (Å²) in [6, 6.07) is 2.19. The summed E-state index contributed by atoms with van der Waals surface area (Å²) in [7, 11) is 1.53. The van der Waals surface area contributed by atoms with E-state index in [0.29, 0.717) is 5.82 Å². The van der Waals surface area contributed by atoms with Crippen molar-refractivity contribution in [3.8, 4) is 0 Å². The van der Waals surface area contributed by atoms with Gasteiger partial charge in [-0.3, -0.25) is 4.79 Å². The highest BCUT2D eigenvalue weighted by Crippen LogP contribution is 2.29. The number of alkyl halides is 3. The summed E-state index contributed by atoms with van der Waals surface area (Å²) in [6.45, 7) is 3.72. The van der Waals surface area contributed by atoms with Crippen molar-refractivity contribution in [1.29, 1.82) is 0 Å². The summed E-state index contributed by atoms with van der Waals surface area (Å²) < 4.78 is 37.0. The number of amides is 1. The number of carbonyl (C=O) groups is 1. The second-order valence-corrected chi connectivity index (χ2v) is 4.75. The monoisotopic (exact) mass is 275 g/mol. The molecule has 2 N–H and O–H groups in total. The molecular weight excluding hydrogens is 259 g/mol. The highest BCUT2D eigenvalue weighted by Gasteiger charge is 2.31. The molecule has 19 heavy (non-hydrogen) atoms. The van der Waals surface area contributed by atoms with Gasteiger partial charge >= 0.3 is 6.18 Å². The first-order valence-electron chi connectivity index (χ1n) is 5.66. The topological polar surface area (TPSA) is 54.0 Å². The molecule has 0 atom stereocenters. The van der Waals surface area contributed by atoms with Crippen LogP contribution < -0.4 is 10.6 Å². The molecule has 0 spiro atoms. The molecule has 1 rings (SSSR count). The molecule has 0 bridgehead atoms. The SMILES string of the molecule is CNC(=O)C(C)(C)CNc1ccc(C(F)(F)F)cn1. The van der Waals surface area contributed by atoms with Crippen molar-refractivity contribution in [3.63, 3.8) is 0 Å². The van der Waals surface area contributed by atoms with Crippen LogP contribution in [-0.4, -0.2) is 24.5 Å². The number of pyridine rings is 1. The summed E-state index contributed by atoms with van der Waals surface area (Å²) in [5.41, 5.74) is -1.48. The molecule has 0 aliphatic carbocycles. The van der Waals surface area contributed by atoms with Crippen LogP contribution in [0.4, 0.5) is 19.0 Å². The van der Waals surface area contributed by atoms with Gasteiger partial charge in [0.05, 0.1) is 11.0 Å². The van der Waals surface area contributed by atoms with E-state index in [2.05, 4.69) is 15.6 Å². The van der Waals surface area contributed by atoms with Crippen LogP contribution in [0.3, 0.4) is 0 Å². The number of anilines is 1. The number of hydrogen-bond acceptors (Lipinski definition) is 3. The molecule has 7 heteroatoms. The molecule has 0 saturated carbocycles. The zero-order valence-corrected chi connectivity index (χ0v) is 10.9. The van der Waals surface area contributed by atoms with Crippen LogP contribution in [0.25, 0.3) is 0 Å². The van der Waals surface area contributed by atoms with Crippen molar-refractivity contribution in [1.82, 2.24) is 10.3 Å². The van der Waals surface area contributed by atoms with Crippen LogP contribution in [0.5, 0.6) is 0 Å². The predicted molar refractivity (Wildman–Crippen MR) is 65.6 cm³/mol. The summed E-state index contributed by atoms with van der Waals surface area (Å²) in [5, 5.41) is 5.36.